The van der Waals surface area contributed by atoms with Crippen molar-refractivity contribution in [1.29, 1.82) is 0 Å². The Morgan fingerprint density at radius 3 is 2.52 bits per heavy atom. The van der Waals surface area contributed by atoms with Crippen molar-refractivity contribution in [3.05, 3.63) is 59.7 Å². The lowest BCUT2D eigenvalue weighted by atomic mass is 10.1. The van der Waals surface area contributed by atoms with Gasteiger partial charge in [0.15, 0.2) is 0 Å². The summed E-state index contributed by atoms with van der Waals surface area (Å²) in [6, 6.07) is 14.1. The predicted molar refractivity (Wildman–Crippen MR) is 82.6 cm³/mol. The topological polar surface area (TPSA) is 69.9 Å². The molecule has 1 aliphatic rings. The van der Waals surface area contributed by atoms with Gasteiger partial charge in [0.05, 0.1) is 22.6 Å². The second-order valence-electron chi connectivity index (χ2n) is 4.70. The summed E-state index contributed by atoms with van der Waals surface area (Å²) < 4.78 is 0. The normalized spacial score (nSPS) is 20.6. The number of rotatable bonds is 3. The molecule has 0 radical (unpaired) electrons. The van der Waals surface area contributed by atoms with E-state index < -0.39 is 12.1 Å². The number of fused-ring (bicyclic) bond motifs is 1. The molecule has 5 heteroatoms. The third-order valence-corrected chi connectivity index (χ3v) is 4.57. The smallest absolute Gasteiger partial charge is 0.335 e. The maximum atomic E-state index is 10.8. The molecule has 3 rings (SSSR count). The molecule has 0 saturated heterocycles. The van der Waals surface area contributed by atoms with Crippen molar-refractivity contribution in [2.45, 2.75) is 16.2 Å². The molecule has 21 heavy (non-hydrogen) atoms. The van der Waals surface area contributed by atoms with Gasteiger partial charge < -0.3 is 10.2 Å². The molecule has 0 aromatic heterocycles. The zero-order chi connectivity index (χ0) is 14.8. The molecule has 0 saturated carbocycles. The van der Waals surface area contributed by atoms with Crippen molar-refractivity contribution in [2.24, 2.45) is 4.99 Å². The summed E-state index contributed by atoms with van der Waals surface area (Å²) in [5, 5.41) is 19.0. The number of aromatic carboxylic acids is 1. The van der Waals surface area contributed by atoms with Crippen LogP contribution < -0.4 is 0 Å². The summed E-state index contributed by atoms with van der Waals surface area (Å²) >= 11 is 1.58. The van der Waals surface area contributed by atoms with Gasteiger partial charge >= 0.3 is 5.97 Å². The number of carboxylic acids is 1. The summed E-state index contributed by atoms with van der Waals surface area (Å²) in [6.45, 7) is 0. The first-order chi connectivity index (χ1) is 10.1. The number of thioether (sulfide) groups is 1. The van der Waals surface area contributed by atoms with E-state index >= 15 is 0 Å². The molecule has 2 N–H and O–H groups in total. The van der Waals surface area contributed by atoms with E-state index in [-0.39, 0.29) is 10.8 Å². The average molecular weight is 299 g/mol. The third-order valence-electron chi connectivity index (χ3n) is 3.30. The van der Waals surface area contributed by atoms with Crippen LogP contribution in [0.25, 0.3) is 0 Å². The number of benzene rings is 2. The lowest BCUT2D eigenvalue weighted by Gasteiger charge is -2.08. The second-order valence-corrected chi connectivity index (χ2v) is 5.92. The molecule has 4 nitrogen and oxygen atoms in total. The zero-order valence-corrected chi connectivity index (χ0v) is 11.8. The standard InChI is InChI=1S/C16H13NO3S/c18-15-12-3-1-2-4-13(12)21-14(15)9-17-11-7-5-10(6-8-11)16(19)20/h1-9,14-15,18H,(H,19,20). The molecule has 1 heterocycles. The Morgan fingerprint density at radius 1 is 1.14 bits per heavy atom. The predicted octanol–water partition coefficient (Wildman–Crippen LogP) is 3.30. The zero-order valence-electron chi connectivity index (χ0n) is 11.0. The summed E-state index contributed by atoms with van der Waals surface area (Å²) in [5.41, 5.74) is 1.83. The maximum Gasteiger partial charge on any atom is 0.335 e. The minimum atomic E-state index is -0.956. The quantitative estimate of drug-likeness (QED) is 0.853. The van der Waals surface area contributed by atoms with Crippen LogP contribution in [0.3, 0.4) is 0 Å². The minimum absolute atomic E-state index is 0.124. The number of hydrogen-bond acceptors (Lipinski definition) is 4. The van der Waals surface area contributed by atoms with Crippen LogP contribution >= 0.6 is 11.8 Å². The first-order valence-electron chi connectivity index (χ1n) is 6.46. The number of aliphatic hydroxyl groups excluding tert-OH is 1. The van der Waals surface area contributed by atoms with E-state index in [0.29, 0.717) is 5.69 Å². The molecule has 2 aromatic rings. The molecule has 106 valence electrons. The van der Waals surface area contributed by atoms with Gasteiger partial charge in [0.1, 0.15) is 0 Å². The van der Waals surface area contributed by atoms with E-state index in [9.17, 15) is 9.90 Å². The minimum Gasteiger partial charge on any atom is -0.478 e. The van der Waals surface area contributed by atoms with Gasteiger partial charge in [-0.15, -0.1) is 11.8 Å². The van der Waals surface area contributed by atoms with Crippen LogP contribution in [0.2, 0.25) is 0 Å². The van der Waals surface area contributed by atoms with Gasteiger partial charge in [0.2, 0.25) is 0 Å². The van der Waals surface area contributed by atoms with E-state index in [1.165, 1.54) is 12.1 Å². The van der Waals surface area contributed by atoms with Crippen LogP contribution in [0, 0.1) is 0 Å². The number of hydrogen-bond donors (Lipinski definition) is 2. The number of aliphatic imine (C=N–C) groups is 1. The summed E-state index contributed by atoms with van der Waals surface area (Å²) in [5.74, 6) is -0.956. The number of nitrogens with zero attached hydrogens (tertiary/aromatic N) is 1. The molecule has 0 bridgehead atoms. The van der Waals surface area contributed by atoms with Gasteiger partial charge in [-0.3, -0.25) is 4.99 Å². The lowest BCUT2D eigenvalue weighted by Crippen LogP contribution is -2.10. The second kappa shape index (κ2) is 5.71. The lowest BCUT2D eigenvalue weighted by molar-refractivity contribution is 0.0697. The first-order valence-corrected chi connectivity index (χ1v) is 7.34. The van der Waals surface area contributed by atoms with E-state index in [1.807, 2.05) is 24.3 Å². The largest absolute Gasteiger partial charge is 0.478 e. The third kappa shape index (κ3) is 2.84. The maximum absolute atomic E-state index is 10.8. The van der Waals surface area contributed by atoms with Crippen molar-refractivity contribution in [3.8, 4) is 0 Å². The highest BCUT2D eigenvalue weighted by Gasteiger charge is 2.30. The van der Waals surface area contributed by atoms with E-state index in [2.05, 4.69) is 4.99 Å². The Balaban J connectivity index is 1.74. The van der Waals surface area contributed by atoms with Crippen LogP contribution in [0.1, 0.15) is 22.0 Å². The summed E-state index contributed by atoms with van der Waals surface area (Å²) in [7, 11) is 0. The highest BCUT2D eigenvalue weighted by molar-refractivity contribution is 8.01. The van der Waals surface area contributed by atoms with Crippen molar-refractivity contribution < 1.29 is 15.0 Å². The highest BCUT2D eigenvalue weighted by Crippen LogP contribution is 2.43. The van der Waals surface area contributed by atoms with Crippen LogP contribution in [-0.4, -0.2) is 27.6 Å². The molecule has 1 aliphatic heterocycles. The van der Waals surface area contributed by atoms with E-state index in [1.54, 1.807) is 30.1 Å². The highest BCUT2D eigenvalue weighted by atomic mass is 32.2. The molecule has 2 unspecified atom stereocenters. The Bertz CT molecular complexity index is 697. The van der Waals surface area contributed by atoms with Gasteiger partial charge in [0, 0.05) is 11.1 Å². The van der Waals surface area contributed by atoms with E-state index in [4.69, 9.17) is 5.11 Å². The SMILES string of the molecule is O=C(O)c1ccc(N=CC2Sc3ccccc3C2O)cc1. The van der Waals surface area contributed by atoms with Crippen LogP contribution in [0.4, 0.5) is 5.69 Å². The van der Waals surface area contributed by atoms with Gasteiger partial charge in [0.25, 0.3) is 0 Å². The van der Waals surface area contributed by atoms with Gasteiger partial charge in [-0.2, -0.15) is 0 Å². The molecule has 0 amide bonds. The summed E-state index contributed by atoms with van der Waals surface area (Å²) in [6.07, 6.45) is 1.15. The average Bonchev–Trinajstić information content (AvgIpc) is 2.82. The van der Waals surface area contributed by atoms with Crippen molar-refractivity contribution in [1.82, 2.24) is 0 Å². The Kier molecular flexibility index (Phi) is 3.77. The number of carboxylic acid groups (broad SMARTS) is 1. The fourth-order valence-corrected chi connectivity index (χ4v) is 3.35. The number of aliphatic hydroxyl groups is 1. The van der Waals surface area contributed by atoms with Gasteiger partial charge in [-0.25, -0.2) is 4.79 Å². The molecule has 0 spiro atoms. The fourth-order valence-electron chi connectivity index (χ4n) is 2.18. The molecule has 2 aromatic carbocycles. The molecule has 0 aliphatic carbocycles. The van der Waals surface area contributed by atoms with Crippen LogP contribution in [-0.2, 0) is 0 Å². The van der Waals surface area contributed by atoms with Crippen LogP contribution in [0.5, 0.6) is 0 Å². The van der Waals surface area contributed by atoms with Crippen molar-refractivity contribution in [3.63, 3.8) is 0 Å². The Hall–Kier alpha value is -2.11. The molecule has 2 atom stereocenters. The fraction of sp³-hybridized carbons (Fsp3) is 0.125. The summed E-state index contributed by atoms with van der Waals surface area (Å²) in [4.78, 5) is 16.2. The van der Waals surface area contributed by atoms with Crippen LogP contribution in [0.15, 0.2) is 58.4 Å². The first kappa shape index (κ1) is 13.9. The monoisotopic (exact) mass is 299 g/mol. The Morgan fingerprint density at radius 2 is 1.86 bits per heavy atom. The molecular formula is C16H13NO3S. The Labute approximate surface area is 126 Å². The van der Waals surface area contributed by atoms with Gasteiger partial charge in [-0.05, 0) is 35.9 Å². The molecule has 0 fully saturated rings. The molecular weight excluding hydrogens is 286 g/mol. The van der Waals surface area contributed by atoms with Crippen molar-refractivity contribution >= 4 is 29.6 Å². The van der Waals surface area contributed by atoms with E-state index in [0.717, 1.165) is 10.5 Å². The van der Waals surface area contributed by atoms with Gasteiger partial charge in [-0.1, -0.05) is 18.2 Å². The number of carbonyl (C=O) groups is 1. The van der Waals surface area contributed by atoms with Crippen molar-refractivity contribution in [2.75, 3.05) is 0 Å².